The van der Waals surface area contributed by atoms with E-state index >= 15 is 0 Å². The first-order valence-electron chi connectivity index (χ1n) is 2.90. The summed E-state index contributed by atoms with van der Waals surface area (Å²) in [7, 11) is 1.24. The Hall–Kier alpha value is -0.260. The van der Waals surface area contributed by atoms with Crippen LogP contribution in [0.15, 0.2) is 4.99 Å². The molecule has 0 aliphatic carbocycles. The Kier molecular flexibility index (Phi) is 3.85. The topological polar surface area (TPSA) is 15.6 Å². The largest absolute Gasteiger partial charge is 0.449 e. The van der Waals surface area contributed by atoms with Gasteiger partial charge in [0.1, 0.15) is 0 Å². The standard InChI is InChI=1S/C5H8BrF3N2/c1-3-10-4(11(2)6)5(7,8)9/h3H2,1-2H3. The molecule has 6 heteroatoms. The van der Waals surface area contributed by atoms with Gasteiger partial charge in [0.2, 0.25) is 5.84 Å². The van der Waals surface area contributed by atoms with E-state index < -0.39 is 12.0 Å². The molecule has 0 amide bonds. The van der Waals surface area contributed by atoms with E-state index in [4.69, 9.17) is 0 Å². The fourth-order valence-electron chi connectivity index (χ4n) is 0.512. The van der Waals surface area contributed by atoms with Gasteiger partial charge in [-0.2, -0.15) is 13.2 Å². The van der Waals surface area contributed by atoms with Crippen molar-refractivity contribution in [3.05, 3.63) is 0 Å². The van der Waals surface area contributed by atoms with Crippen molar-refractivity contribution in [2.24, 2.45) is 4.99 Å². The minimum Gasteiger partial charge on any atom is -0.292 e. The minimum atomic E-state index is -4.38. The summed E-state index contributed by atoms with van der Waals surface area (Å²) in [5.41, 5.74) is 0. The molecule has 11 heavy (non-hydrogen) atoms. The molecule has 0 N–H and O–H groups in total. The number of amidine groups is 1. The first kappa shape index (κ1) is 10.7. The summed E-state index contributed by atoms with van der Waals surface area (Å²) in [6, 6.07) is 0. The third-order valence-corrected chi connectivity index (χ3v) is 1.19. The van der Waals surface area contributed by atoms with Gasteiger partial charge in [-0.15, -0.1) is 0 Å². The quantitative estimate of drug-likeness (QED) is 0.385. The number of nitrogens with zero attached hydrogens (tertiary/aromatic N) is 2. The van der Waals surface area contributed by atoms with Crippen molar-refractivity contribution in [2.45, 2.75) is 13.1 Å². The van der Waals surface area contributed by atoms with Crippen LogP contribution in [0.1, 0.15) is 6.92 Å². The molecule has 0 saturated heterocycles. The highest BCUT2D eigenvalue weighted by Gasteiger charge is 2.37. The van der Waals surface area contributed by atoms with Gasteiger partial charge in [-0.25, -0.2) is 0 Å². The van der Waals surface area contributed by atoms with Crippen LogP contribution >= 0.6 is 16.1 Å². The molecule has 0 aliphatic rings. The maximum absolute atomic E-state index is 12.0. The predicted molar refractivity (Wildman–Crippen MR) is 40.7 cm³/mol. The SMILES string of the molecule is CCN=C(N(C)Br)C(F)(F)F. The van der Waals surface area contributed by atoms with Crippen LogP contribution in [-0.2, 0) is 0 Å². The molecule has 0 aromatic heterocycles. The van der Waals surface area contributed by atoms with E-state index in [1.807, 2.05) is 0 Å². The number of hydrogen-bond acceptors (Lipinski definition) is 1. The average Bonchev–Trinajstić information content (AvgIpc) is 1.79. The molecule has 2 nitrogen and oxygen atoms in total. The lowest BCUT2D eigenvalue weighted by Crippen LogP contribution is -2.33. The monoisotopic (exact) mass is 232 g/mol. The lowest BCUT2D eigenvalue weighted by atomic mass is 10.5. The van der Waals surface area contributed by atoms with Crippen LogP contribution in [-0.4, -0.2) is 29.5 Å². The minimum absolute atomic E-state index is 0.116. The molecule has 0 aliphatic heterocycles. The first-order valence-corrected chi connectivity index (χ1v) is 3.61. The lowest BCUT2D eigenvalue weighted by molar-refractivity contribution is -0.0644. The molecule has 0 bridgehead atoms. The second-order valence-electron chi connectivity index (χ2n) is 1.77. The van der Waals surface area contributed by atoms with Crippen molar-refractivity contribution in [2.75, 3.05) is 13.6 Å². The van der Waals surface area contributed by atoms with Gasteiger partial charge in [0.15, 0.2) is 0 Å². The molecular weight excluding hydrogens is 225 g/mol. The third kappa shape index (κ3) is 3.60. The van der Waals surface area contributed by atoms with E-state index in [2.05, 4.69) is 21.1 Å². The summed E-state index contributed by atoms with van der Waals surface area (Å²) in [6.45, 7) is 1.66. The van der Waals surface area contributed by atoms with Crippen LogP contribution in [0.2, 0.25) is 0 Å². The molecule has 66 valence electrons. The van der Waals surface area contributed by atoms with Gasteiger partial charge in [-0.3, -0.25) is 8.92 Å². The van der Waals surface area contributed by atoms with E-state index in [1.165, 1.54) is 7.05 Å². The molecule has 0 heterocycles. The number of hydrogen-bond donors (Lipinski definition) is 0. The summed E-state index contributed by atoms with van der Waals surface area (Å²) in [4.78, 5) is 3.27. The molecule has 0 spiro atoms. The van der Waals surface area contributed by atoms with Gasteiger partial charge in [-0.05, 0) is 6.92 Å². The van der Waals surface area contributed by atoms with Crippen LogP contribution in [0.4, 0.5) is 13.2 Å². The average molecular weight is 233 g/mol. The highest BCUT2D eigenvalue weighted by Crippen LogP contribution is 2.20. The van der Waals surface area contributed by atoms with E-state index in [9.17, 15) is 13.2 Å². The van der Waals surface area contributed by atoms with Crippen molar-refractivity contribution in [1.29, 1.82) is 0 Å². The zero-order valence-electron chi connectivity index (χ0n) is 6.11. The highest BCUT2D eigenvalue weighted by molar-refractivity contribution is 9.07. The van der Waals surface area contributed by atoms with Crippen molar-refractivity contribution in [3.8, 4) is 0 Å². The molecule has 0 rings (SSSR count). The number of halogens is 4. The smallest absolute Gasteiger partial charge is 0.292 e. The van der Waals surface area contributed by atoms with Crippen LogP contribution in [0.3, 0.4) is 0 Å². The zero-order chi connectivity index (χ0) is 9.07. The highest BCUT2D eigenvalue weighted by atomic mass is 79.9. The van der Waals surface area contributed by atoms with Crippen molar-refractivity contribution in [3.63, 3.8) is 0 Å². The Bertz CT molecular complexity index is 152. The van der Waals surface area contributed by atoms with Gasteiger partial charge in [0, 0.05) is 13.6 Å². The van der Waals surface area contributed by atoms with Gasteiger partial charge in [0.25, 0.3) is 0 Å². The van der Waals surface area contributed by atoms with Crippen LogP contribution < -0.4 is 0 Å². The van der Waals surface area contributed by atoms with Crippen LogP contribution in [0.25, 0.3) is 0 Å². The number of aliphatic imine (C=N–C) groups is 1. The van der Waals surface area contributed by atoms with E-state index in [0.717, 1.165) is 3.93 Å². The van der Waals surface area contributed by atoms with Crippen molar-refractivity contribution < 1.29 is 13.2 Å². The van der Waals surface area contributed by atoms with Gasteiger partial charge >= 0.3 is 6.18 Å². The zero-order valence-corrected chi connectivity index (χ0v) is 7.70. The van der Waals surface area contributed by atoms with Crippen LogP contribution in [0, 0.1) is 0 Å². The summed E-state index contributed by atoms with van der Waals surface area (Å²) < 4.78 is 36.6. The molecule has 0 aromatic carbocycles. The van der Waals surface area contributed by atoms with E-state index in [1.54, 1.807) is 6.92 Å². The summed E-state index contributed by atoms with van der Waals surface area (Å²) in [6.07, 6.45) is -4.38. The second kappa shape index (κ2) is 3.94. The summed E-state index contributed by atoms with van der Waals surface area (Å²) in [5, 5.41) is 0. The number of rotatable bonds is 1. The fourth-order valence-corrected chi connectivity index (χ4v) is 0.825. The Morgan fingerprint density at radius 3 is 2.09 bits per heavy atom. The summed E-state index contributed by atoms with van der Waals surface area (Å²) >= 11 is 2.66. The van der Waals surface area contributed by atoms with Crippen LogP contribution in [0.5, 0.6) is 0 Å². The Balaban J connectivity index is 4.49. The maximum Gasteiger partial charge on any atom is 0.449 e. The van der Waals surface area contributed by atoms with E-state index in [-0.39, 0.29) is 6.54 Å². The normalized spacial score (nSPS) is 13.5. The fraction of sp³-hybridized carbons (Fsp3) is 0.800. The predicted octanol–water partition coefficient (Wildman–Crippen LogP) is 2.21. The van der Waals surface area contributed by atoms with E-state index in [0.29, 0.717) is 0 Å². The van der Waals surface area contributed by atoms with Gasteiger partial charge in [0.05, 0.1) is 16.1 Å². The van der Waals surface area contributed by atoms with Gasteiger partial charge < -0.3 is 0 Å². The molecule has 0 radical (unpaired) electrons. The lowest BCUT2D eigenvalue weighted by Gasteiger charge is -2.15. The van der Waals surface area contributed by atoms with Crippen molar-refractivity contribution >= 4 is 22.0 Å². The molecular formula is C5H8BrF3N2. The molecule has 0 atom stereocenters. The Morgan fingerprint density at radius 2 is 2.00 bits per heavy atom. The number of alkyl halides is 3. The molecule has 0 saturated carbocycles. The Labute approximate surface area is 71.4 Å². The second-order valence-corrected chi connectivity index (χ2v) is 2.84. The van der Waals surface area contributed by atoms with Crippen molar-refractivity contribution in [1.82, 2.24) is 3.93 Å². The van der Waals surface area contributed by atoms with Gasteiger partial charge in [-0.1, -0.05) is 0 Å². The maximum atomic E-state index is 12.0. The molecule has 0 fully saturated rings. The molecule has 0 unspecified atom stereocenters. The Morgan fingerprint density at radius 1 is 1.55 bits per heavy atom. The first-order chi connectivity index (χ1) is 4.89. The molecule has 0 aromatic rings. The third-order valence-electron chi connectivity index (χ3n) is 0.853. The summed E-state index contributed by atoms with van der Waals surface area (Å²) in [5.74, 6) is -0.917.